The van der Waals surface area contributed by atoms with Crippen LogP contribution in [0, 0.1) is 0 Å². The highest BCUT2D eigenvalue weighted by Gasteiger charge is 2.18. The smallest absolute Gasteiger partial charge is 0.338 e. The number of carboxylic acid groups (broad SMARTS) is 1. The zero-order chi connectivity index (χ0) is 13.4. The number of aromatic nitrogens is 1. The van der Waals surface area contributed by atoms with Gasteiger partial charge in [-0.2, -0.15) is 0 Å². The second-order valence-corrected chi connectivity index (χ2v) is 4.71. The van der Waals surface area contributed by atoms with E-state index in [9.17, 15) is 4.79 Å². The Morgan fingerprint density at radius 2 is 2.26 bits per heavy atom. The zero-order valence-corrected chi connectivity index (χ0v) is 10.7. The van der Waals surface area contributed by atoms with E-state index in [1.165, 1.54) is 17.4 Å². The lowest BCUT2D eigenvalue weighted by atomic mass is 10.2. The van der Waals surface area contributed by atoms with Crippen molar-refractivity contribution in [3.05, 3.63) is 35.2 Å². The van der Waals surface area contributed by atoms with Gasteiger partial charge in [0.25, 0.3) is 0 Å². The van der Waals surface area contributed by atoms with Gasteiger partial charge in [0.05, 0.1) is 12.7 Å². The molecule has 2 aromatic heterocycles. The summed E-state index contributed by atoms with van der Waals surface area (Å²) in [6.45, 7) is 0. The fraction of sp³-hybridized carbons (Fsp3) is 0.0769. The van der Waals surface area contributed by atoms with Crippen LogP contribution in [0.1, 0.15) is 10.4 Å². The summed E-state index contributed by atoms with van der Waals surface area (Å²) in [4.78, 5) is 16.1. The van der Waals surface area contributed by atoms with Gasteiger partial charge in [-0.05, 0) is 23.6 Å². The van der Waals surface area contributed by atoms with Gasteiger partial charge < -0.3 is 14.3 Å². The minimum Gasteiger partial charge on any atom is -0.495 e. The van der Waals surface area contributed by atoms with Crippen molar-refractivity contribution in [1.29, 1.82) is 0 Å². The minimum absolute atomic E-state index is 0.128. The second-order valence-electron chi connectivity index (χ2n) is 3.79. The number of ether oxygens (including phenoxy) is 1. The van der Waals surface area contributed by atoms with Crippen molar-refractivity contribution >= 4 is 28.4 Å². The molecule has 0 aliphatic heterocycles. The van der Waals surface area contributed by atoms with Gasteiger partial charge in [0.15, 0.2) is 5.58 Å². The molecule has 0 fully saturated rings. The average molecular weight is 275 g/mol. The number of rotatable bonds is 3. The molecule has 19 heavy (non-hydrogen) atoms. The van der Waals surface area contributed by atoms with Crippen LogP contribution in [0.4, 0.5) is 0 Å². The number of hydrogen-bond donors (Lipinski definition) is 1. The minimum atomic E-state index is -1.02. The molecule has 0 bridgehead atoms. The number of carboxylic acids is 1. The van der Waals surface area contributed by atoms with Gasteiger partial charge >= 0.3 is 5.97 Å². The van der Waals surface area contributed by atoms with E-state index in [2.05, 4.69) is 4.98 Å². The fourth-order valence-corrected chi connectivity index (χ4v) is 2.62. The van der Waals surface area contributed by atoms with Crippen molar-refractivity contribution in [3.8, 4) is 16.5 Å². The van der Waals surface area contributed by atoms with E-state index in [1.54, 1.807) is 19.2 Å². The number of benzene rings is 1. The molecule has 0 radical (unpaired) electrons. The molecule has 1 aromatic carbocycles. The van der Waals surface area contributed by atoms with Crippen molar-refractivity contribution in [2.45, 2.75) is 0 Å². The number of methoxy groups -OCH3 is 1. The van der Waals surface area contributed by atoms with Crippen LogP contribution in [0.25, 0.3) is 21.9 Å². The summed E-state index contributed by atoms with van der Waals surface area (Å²) in [5.41, 5.74) is 0.925. The van der Waals surface area contributed by atoms with Gasteiger partial charge in [-0.3, -0.25) is 0 Å². The van der Waals surface area contributed by atoms with Gasteiger partial charge in [0.1, 0.15) is 16.1 Å². The van der Waals surface area contributed by atoms with Crippen LogP contribution in [0.3, 0.4) is 0 Å². The molecule has 0 atom stereocenters. The van der Waals surface area contributed by atoms with E-state index in [1.807, 2.05) is 11.4 Å². The van der Waals surface area contributed by atoms with Crippen LogP contribution < -0.4 is 4.74 Å². The third kappa shape index (κ3) is 1.86. The Morgan fingerprint density at radius 1 is 1.42 bits per heavy atom. The maximum absolute atomic E-state index is 11.1. The van der Waals surface area contributed by atoms with Crippen molar-refractivity contribution in [1.82, 2.24) is 4.98 Å². The summed E-state index contributed by atoms with van der Waals surface area (Å²) in [5.74, 6) is 0.00701. The topological polar surface area (TPSA) is 72.6 Å². The van der Waals surface area contributed by atoms with Crippen LogP contribution in [0.2, 0.25) is 0 Å². The predicted molar refractivity (Wildman–Crippen MR) is 70.8 cm³/mol. The zero-order valence-electron chi connectivity index (χ0n) is 9.91. The van der Waals surface area contributed by atoms with Crippen molar-refractivity contribution in [3.63, 3.8) is 0 Å². The third-order valence-electron chi connectivity index (χ3n) is 2.69. The molecule has 6 heteroatoms. The number of nitrogens with zero attached hydrogens (tertiary/aromatic N) is 1. The van der Waals surface area contributed by atoms with Crippen LogP contribution in [-0.2, 0) is 0 Å². The number of hydrogen-bond acceptors (Lipinski definition) is 5. The molecular formula is C13H9NO4S. The average Bonchev–Trinajstić information content (AvgIpc) is 3.03. The Morgan fingerprint density at radius 3 is 3.00 bits per heavy atom. The molecule has 5 nitrogen and oxygen atoms in total. The van der Waals surface area contributed by atoms with Gasteiger partial charge in [-0.15, -0.1) is 11.3 Å². The molecule has 96 valence electrons. The van der Waals surface area contributed by atoms with E-state index >= 15 is 0 Å². The third-order valence-corrected chi connectivity index (χ3v) is 3.58. The number of oxazole rings is 1. The maximum atomic E-state index is 11.1. The maximum Gasteiger partial charge on any atom is 0.338 e. The van der Waals surface area contributed by atoms with Gasteiger partial charge in [-0.25, -0.2) is 9.78 Å². The molecule has 0 saturated heterocycles. The summed E-state index contributed by atoms with van der Waals surface area (Å²) < 4.78 is 10.8. The standard InChI is InChI=1S/C13H9NO4S/c1-17-9-5-6-19-11(9)12-14-10-7(13(15)16)3-2-4-8(10)18-12/h2-6H,1H3,(H,15,16). The molecule has 0 aliphatic carbocycles. The molecule has 2 heterocycles. The highest BCUT2D eigenvalue weighted by atomic mass is 32.1. The Kier molecular flexibility index (Phi) is 2.72. The largest absolute Gasteiger partial charge is 0.495 e. The number of aromatic carboxylic acids is 1. The van der Waals surface area contributed by atoms with Crippen LogP contribution in [0.5, 0.6) is 5.75 Å². The molecule has 1 N–H and O–H groups in total. The first-order chi connectivity index (χ1) is 9.20. The molecule has 0 amide bonds. The van der Waals surface area contributed by atoms with E-state index in [0.29, 0.717) is 22.7 Å². The predicted octanol–water partition coefficient (Wildman–Crippen LogP) is 3.26. The first kappa shape index (κ1) is 11.7. The van der Waals surface area contributed by atoms with E-state index in [-0.39, 0.29) is 5.56 Å². The first-order valence-corrected chi connectivity index (χ1v) is 6.33. The number of thiophene rings is 1. The molecule has 0 spiro atoms. The summed E-state index contributed by atoms with van der Waals surface area (Å²) in [7, 11) is 1.57. The van der Waals surface area contributed by atoms with Crippen molar-refractivity contribution in [2.75, 3.05) is 7.11 Å². The highest BCUT2D eigenvalue weighted by molar-refractivity contribution is 7.13. The first-order valence-electron chi connectivity index (χ1n) is 5.45. The lowest BCUT2D eigenvalue weighted by Gasteiger charge is -1.96. The Balaban J connectivity index is 2.22. The lowest BCUT2D eigenvalue weighted by Crippen LogP contribution is -1.96. The van der Waals surface area contributed by atoms with Crippen LogP contribution >= 0.6 is 11.3 Å². The van der Waals surface area contributed by atoms with Crippen LogP contribution in [0.15, 0.2) is 34.1 Å². The van der Waals surface area contributed by atoms with E-state index < -0.39 is 5.97 Å². The highest BCUT2D eigenvalue weighted by Crippen LogP contribution is 2.36. The molecular weight excluding hydrogens is 266 g/mol. The Labute approximate surface area is 112 Å². The van der Waals surface area contributed by atoms with E-state index in [0.717, 1.165) is 4.88 Å². The van der Waals surface area contributed by atoms with Crippen molar-refractivity contribution in [2.24, 2.45) is 0 Å². The molecule has 0 aliphatic rings. The SMILES string of the molecule is COc1ccsc1-c1nc2c(C(=O)O)cccc2o1. The molecule has 3 rings (SSSR count). The molecule has 0 saturated carbocycles. The summed E-state index contributed by atoms with van der Waals surface area (Å²) in [5, 5.41) is 11.0. The van der Waals surface area contributed by atoms with Gasteiger partial charge in [0, 0.05) is 0 Å². The van der Waals surface area contributed by atoms with Crippen molar-refractivity contribution < 1.29 is 19.1 Å². The number of carbonyl (C=O) groups is 1. The number of fused-ring (bicyclic) bond motifs is 1. The normalized spacial score (nSPS) is 10.8. The summed E-state index contributed by atoms with van der Waals surface area (Å²) in [6, 6.07) is 6.64. The Hall–Kier alpha value is -2.34. The monoisotopic (exact) mass is 275 g/mol. The van der Waals surface area contributed by atoms with Gasteiger partial charge in [-0.1, -0.05) is 6.07 Å². The summed E-state index contributed by atoms with van der Waals surface area (Å²) in [6.07, 6.45) is 0. The Bertz CT molecular complexity index is 759. The van der Waals surface area contributed by atoms with E-state index in [4.69, 9.17) is 14.3 Å². The molecule has 0 unspecified atom stereocenters. The molecule has 3 aromatic rings. The quantitative estimate of drug-likeness (QED) is 0.794. The van der Waals surface area contributed by atoms with Gasteiger partial charge in [0.2, 0.25) is 5.89 Å². The fourth-order valence-electron chi connectivity index (χ4n) is 1.83. The second kappa shape index (κ2) is 4.40. The number of para-hydroxylation sites is 1. The lowest BCUT2D eigenvalue weighted by molar-refractivity contribution is 0.0699. The van der Waals surface area contributed by atoms with Crippen LogP contribution in [-0.4, -0.2) is 23.2 Å². The summed E-state index contributed by atoms with van der Waals surface area (Å²) >= 11 is 1.43.